The van der Waals surface area contributed by atoms with Crippen LogP contribution in [0.15, 0.2) is 72.8 Å². The molecule has 0 aliphatic carbocycles. The molecule has 1 aliphatic rings. The Morgan fingerprint density at radius 2 is 1.64 bits per heavy atom. The van der Waals surface area contributed by atoms with Gasteiger partial charge in [0.1, 0.15) is 19.3 Å². The van der Waals surface area contributed by atoms with E-state index in [-0.39, 0.29) is 58.2 Å². The van der Waals surface area contributed by atoms with Crippen LogP contribution < -0.4 is 16.0 Å². The minimum atomic E-state index is -1.03. The molecule has 11 nitrogen and oxygen atoms in total. The molecule has 4 N–H and O–H groups in total. The Hall–Kier alpha value is -4.22. The van der Waals surface area contributed by atoms with Crippen molar-refractivity contribution in [1.29, 1.82) is 0 Å². The lowest BCUT2D eigenvalue weighted by Gasteiger charge is -2.24. The van der Waals surface area contributed by atoms with E-state index in [0.29, 0.717) is 0 Å². The number of aliphatic hydroxyl groups excluding tert-OH is 1. The number of carbonyl (C=O) groups excluding carboxylic acids is 4. The van der Waals surface area contributed by atoms with Gasteiger partial charge in [0.15, 0.2) is 0 Å². The second-order valence-corrected chi connectivity index (χ2v) is 10.1. The highest BCUT2D eigenvalue weighted by Crippen LogP contribution is 2.14. The van der Waals surface area contributed by atoms with E-state index in [9.17, 15) is 24.3 Å². The number of rotatable bonds is 11. The molecule has 3 rings (SSSR count). The molecule has 4 atom stereocenters. The summed E-state index contributed by atoms with van der Waals surface area (Å²) in [5, 5.41) is 17.3. The number of hydrogen-bond acceptors (Lipinski definition) is 8. The first-order valence-electron chi connectivity index (χ1n) is 13.9. The van der Waals surface area contributed by atoms with E-state index in [1.807, 2.05) is 60.7 Å². The third-order valence-corrected chi connectivity index (χ3v) is 6.44. The number of aliphatic hydroxyl groups is 1. The van der Waals surface area contributed by atoms with Gasteiger partial charge in [-0.1, -0.05) is 72.8 Å². The van der Waals surface area contributed by atoms with Gasteiger partial charge in [-0.15, -0.1) is 0 Å². The number of nitrogens with one attached hydrogen (secondary N) is 3. The van der Waals surface area contributed by atoms with Crippen molar-refractivity contribution in [2.45, 2.75) is 57.5 Å². The molecule has 11 heteroatoms. The summed E-state index contributed by atoms with van der Waals surface area (Å²) in [4.78, 5) is 51.1. The van der Waals surface area contributed by atoms with Crippen molar-refractivity contribution >= 4 is 23.9 Å². The van der Waals surface area contributed by atoms with Gasteiger partial charge in [-0.2, -0.15) is 0 Å². The van der Waals surface area contributed by atoms with Gasteiger partial charge in [0.05, 0.1) is 31.8 Å². The van der Waals surface area contributed by atoms with Crippen molar-refractivity contribution < 1.29 is 38.5 Å². The summed E-state index contributed by atoms with van der Waals surface area (Å²) < 4.78 is 16.6. The molecule has 1 aliphatic heterocycles. The zero-order chi connectivity index (χ0) is 30.2. The van der Waals surface area contributed by atoms with E-state index in [1.54, 1.807) is 19.1 Å². The van der Waals surface area contributed by atoms with Gasteiger partial charge in [0.25, 0.3) is 0 Å². The molecule has 0 saturated heterocycles. The van der Waals surface area contributed by atoms with Crippen molar-refractivity contribution in [1.82, 2.24) is 16.0 Å². The summed E-state index contributed by atoms with van der Waals surface area (Å²) in [7, 11) is 0. The van der Waals surface area contributed by atoms with Crippen molar-refractivity contribution in [2.75, 3.05) is 19.8 Å². The number of carbonyl (C=O) groups is 4. The quantitative estimate of drug-likeness (QED) is 0.233. The maximum Gasteiger partial charge on any atom is 0.408 e. The standard InChI is InChI=1S/C31H39N3O8/c1-22(17-35)32-28(36)16-25-14-8-9-15-27(34-31(39)42-19-24-12-6-3-7-13-24)30(38)41-21-26(33-29(25)37)20-40-18-23-10-4-2-5-11-23/h2-13,22,25-27,35H,14-21H2,1H3,(H,32,36)(H,33,37)(H,34,39)/t22-,25+,26-,27+/m0/s1. The number of ether oxygens (including phenoxy) is 3. The zero-order valence-electron chi connectivity index (χ0n) is 23.7. The first-order chi connectivity index (χ1) is 20.3. The Morgan fingerprint density at radius 3 is 2.31 bits per heavy atom. The maximum atomic E-state index is 13.2. The smallest absolute Gasteiger partial charge is 0.408 e. The first-order valence-corrected chi connectivity index (χ1v) is 13.9. The van der Waals surface area contributed by atoms with Crippen LogP contribution >= 0.6 is 0 Å². The van der Waals surface area contributed by atoms with E-state index >= 15 is 0 Å². The Kier molecular flexibility index (Phi) is 13.5. The molecule has 0 aromatic heterocycles. The van der Waals surface area contributed by atoms with E-state index in [0.717, 1.165) is 11.1 Å². The molecule has 3 amide bonds. The second-order valence-electron chi connectivity index (χ2n) is 10.1. The maximum absolute atomic E-state index is 13.2. The third-order valence-electron chi connectivity index (χ3n) is 6.44. The van der Waals surface area contributed by atoms with Gasteiger partial charge < -0.3 is 35.3 Å². The van der Waals surface area contributed by atoms with Crippen LogP contribution in [-0.2, 0) is 41.8 Å². The number of esters is 1. The molecule has 0 fully saturated rings. The minimum Gasteiger partial charge on any atom is -0.462 e. The summed E-state index contributed by atoms with van der Waals surface area (Å²) in [5.41, 5.74) is 1.73. The lowest BCUT2D eigenvalue weighted by Crippen LogP contribution is -2.48. The van der Waals surface area contributed by atoms with E-state index < -0.39 is 42.0 Å². The van der Waals surface area contributed by atoms with Crippen LogP contribution in [0.25, 0.3) is 0 Å². The monoisotopic (exact) mass is 581 g/mol. The van der Waals surface area contributed by atoms with Gasteiger partial charge in [0, 0.05) is 12.5 Å². The summed E-state index contributed by atoms with van der Waals surface area (Å²) in [6.45, 7) is 1.59. The van der Waals surface area contributed by atoms with E-state index in [2.05, 4.69) is 16.0 Å². The fraction of sp³-hybridized carbons (Fsp3) is 0.419. The van der Waals surface area contributed by atoms with Crippen molar-refractivity contribution in [2.24, 2.45) is 5.92 Å². The van der Waals surface area contributed by atoms with Crippen molar-refractivity contribution in [3.05, 3.63) is 83.9 Å². The molecule has 2 aromatic carbocycles. The fourth-order valence-electron chi connectivity index (χ4n) is 4.13. The number of benzene rings is 2. The predicted octanol–water partition coefficient (Wildman–Crippen LogP) is 2.38. The molecule has 0 saturated carbocycles. The van der Waals surface area contributed by atoms with Gasteiger partial charge in [-0.3, -0.25) is 9.59 Å². The summed E-state index contributed by atoms with van der Waals surface area (Å²) in [5.74, 6) is -2.17. The first kappa shape index (κ1) is 32.3. The average Bonchev–Trinajstić information content (AvgIpc) is 2.99. The van der Waals surface area contributed by atoms with Crippen LogP contribution in [0.5, 0.6) is 0 Å². The van der Waals surface area contributed by atoms with E-state index in [4.69, 9.17) is 14.2 Å². The number of hydrogen-bond donors (Lipinski definition) is 4. The van der Waals surface area contributed by atoms with Gasteiger partial charge in [-0.25, -0.2) is 9.59 Å². The number of amides is 3. The molecule has 0 radical (unpaired) electrons. The number of allylic oxidation sites excluding steroid dienone is 1. The highest BCUT2D eigenvalue weighted by atomic mass is 16.6. The Balaban J connectivity index is 1.68. The van der Waals surface area contributed by atoms with E-state index in [1.165, 1.54) is 0 Å². The Bertz CT molecular complexity index is 1180. The normalized spacial score (nSPS) is 20.2. The lowest BCUT2D eigenvalue weighted by atomic mass is 9.98. The van der Waals surface area contributed by atoms with Gasteiger partial charge in [0.2, 0.25) is 11.8 Å². The van der Waals surface area contributed by atoms with Crippen LogP contribution in [0.4, 0.5) is 4.79 Å². The Morgan fingerprint density at radius 1 is 1.00 bits per heavy atom. The van der Waals surface area contributed by atoms with Gasteiger partial charge >= 0.3 is 12.1 Å². The molecule has 2 aromatic rings. The summed E-state index contributed by atoms with van der Waals surface area (Å²) in [6, 6.07) is 16.4. The highest BCUT2D eigenvalue weighted by molar-refractivity contribution is 5.86. The molecule has 42 heavy (non-hydrogen) atoms. The highest BCUT2D eigenvalue weighted by Gasteiger charge is 2.28. The van der Waals surface area contributed by atoms with Crippen LogP contribution in [0, 0.1) is 5.92 Å². The SMILES string of the molecule is C[C@@H](CO)NC(=O)C[C@H]1CC=CC[C@@H](NC(=O)OCc2ccccc2)C(=O)OC[C@H](COCc2ccccc2)NC1=O. The van der Waals surface area contributed by atoms with Crippen molar-refractivity contribution in [3.8, 4) is 0 Å². The molecular formula is C31H39N3O8. The van der Waals surface area contributed by atoms with Crippen LogP contribution in [-0.4, -0.2) is 66.9 Å². The molecule has 0 unspecified atom stereocenters. The summed E-state index contributed by atoms with van der Waals surface area (Å²) >= 11 is 0. The molecule has 0 spiro atoms. The van der Waals surface area contributed by atoms with Crippen molar-refractivity contribution in [3.63, 3.8) is 0 Å². The number of cyclic esters (lactones) is 1. The predicted molar refractivity (Wildman–Crippen MR) is 154 cm³/mol. The lowest BCUT2D eigenvalue weighted by molar-refractivity contribution is -0.148. The third kappa shape index (κ3) is 11.7. The fourth-order valence-corrected chi connectivity index (χ4v) is 4.13. The van der Waals surface area contributed by atoms with Crippen LogP contribution in [0.1, 0.15) is 37.3 Å². The topological polar surface area (TPSA) is 152 Å². The molecule has 1 heterocycles. The number of alkyl carbamates (subject to hydrolysis) is 1. The van der Waals surface area contributed by atoms with Crippen LogP contribution in [0.2, 0.25) is 0 Å². The minimum absolute atomic E-state index is 0.0375. The average molecular weight is 582 g/mol. The largest absolute Gasteiger partial charge is 0.462 e. The summed E-state index contributed by atoms with van der Waals surface area (Å²) in [6.07, 6.45) is 2.77. The van der Waals surface area contributed by atoms with Gasteiger partial charge in [-0.05, 0) is 30.9 Å². The molecular weight excluding hydrogens is 542 g/mol. The van der Waals surface area contributed by atoms with Crippen LogP contribution in [0.3, 0.4) is 0 Å². The zero-order valence-corrected chi connectivity index (χ0v) is 23.7. The molecule has 0 bridgehead atoms. The second kappa shape index (κ2) is 17.6. The molecule has 226 valence electrons. The Labute approximate surface area is 245 Å².